The van der Waals surface area contributed by atoms with Crippen molar-refractivity contribution in [3.63, 3.8) is 0 Å². The first-order valence-corrected chi connectivity index (χ1v) is 13.4. The average molecular weight is 506 g/mol. The van der Waals surface area contributed by atoms with Gasteiger partial charge in [-0.15, -0.1) is 0 Å². The lowest BCUT2D eigenvalue weighted by Gasteiger charge is -2.09. The van der Waals surface area contributed by atoms with Crippen LogP contribution in [-0.4, -0.2) is 56.9 Å². The zero-order valence-electron chi connectivity index (χ0n) is 18.8. The summed E-state index contributed by atoms with van der Waals surface area (Å²) in [5, 5.41) is 5.29. The summed E-state index contributed by atoms with van der Waals surface area (Å²) in [7, 11) is -2.18. The van der Waals surface area contributed by atoms with Gasteiger partial charge in [-0.3, -0.25) is 14.4 Å². The number of sulfone groups is 1. The molecule has 9 nitrogen and oxygen atoms in total. The van der Waals surface area contributed by atoms with Crippen LogP contribution in [0.25, 0.3) is 10.2 Å². The summed E-state index contributed by atoms with van der Waals surface area (Å²) in [5.74, 6) is -1.48. The summed E-state index contributed by atoms with van der Waals surface area (Å²) < 4.78 is 30.4. The van der Waals surface area contributed by atoms with Crippen LogP contribution in [0.4, 0.5) is 0 Å². The van der Waals surface area contributed by atoms with Crippen LogP contribution in [0.2, 0.25) is 0 Å². The Morgan fingerprint density at radius 2 is 1.71 bits per heavy atom. The lowest BCUT2D eigenvalue weighted by Crippen LogP contribution is -2.34. The van der Waals surface area contributed by atoms with E-state index in [-0.39, 0.29) is 17.8 Å². The van der Waals surface area contributed by atoms with E-state index < -0.39 is 33.2 Å². The van der Waals surface area contributed by atoms with Crippen LogP contribution in [0.3, 0.4) is 0 Å². The van der Waals surface area contributed by atoms with Gasteiger partial charge in [0.25, 0.3) is 0 Å². The number of nitrogens with one attached hydrogen (secondary N) is 3. The smallest absolute Gasteiger partial charge is 0.305 e. The normalized spacial score (nSPS) is 11.3. The van der Waals surface area contributed by atoms with Gasteiger partial charge in [0.05, 0.1) is 17.6 Å². The van der Waals surface area contributed by atoms with Gasteiger partial charge >= 0.3 is 4.87 Å². The van der Waals surface area contributed by atoms with E-state index in [9.17, 15) is 22.8 Å². The number of hydrogen-bond acceptors (Lipinski definition) is 7. The summed E-state index contributed by atoms with van der Waals surface area (Å²) >= 11 is 1.07. The number of amides is 2. The molecule has 182 valence electrons. The third kappa shape index (κ3) is 7.42. The van der Waals surface area contributed by atoms with E-state index in [1.54, 1.807) is 6.07 Å². The number of carbonyl (C=O) groups is 2. The molecule has 0 fully saturated rings. The Balaban J connectivity index is 1.40. The topological polar surface area (TPSA) is 134 Å². The second kappa shape index (κ2) is 11.8. The Morgan fingerprint density at radius 1 is 1.00 bits per heavy atom. The number of aromatic amines is 1. The van der Waals surface area contributed by atoms with Crippen LogP contribution < -0.4 is 20.2 Å². The number of aromatic nitrogens is 1. The number of hydrogen-bond donors (Lipinski definition) is 3. The standard InChI is InChI=1S/C23H27N3O6S2/c1-32-18-8-7-17(22-21(18)26-23(29)33-22)10-13-24-19(27)11-14-34(30,31)15-20(28)25-12-9-16-5-3-2-4-6-16/h2-8H,9-15H2,1H3,(H,24,27)(H,25,28)(H,26,29). The molecule has 0 unspecified atom stereocenters. The Bertz CT molecular complexity index is 1300. The molecular weight excluding hydrogens is 478 g/mol. The molecule has 0 aliphatic heterocycles. The Hall–Kier alpha value is -3.18. The van der Waals surface area contributed by atoms with Crippen LogP contribution in [0.15, 0.2) is 47.3 Å². The van der Waals surface area contributed by atoms with Gasteiger partial charge in [0.1, 0.15) is 17.0 Å². The molecule has 0 saturated heterocycles. The van der Waals surface area contributed by atoms with E-state index >= 15 is 0 Å². The van der Waals surface area contributed by atoms with Crippen molar-refractivity contribution in [2.75, 3.05) is 31.7 Å². The summed E-state index contributed by atoms with van der Waals surface area (Å²) in [5.41, 5.74) is 2.54. The molecule has 0 radical (unpaired) electrons. The molecule has 0 bridgehead atoms. The highest BCUT2D eigenvalue weighted by Crippen LogP contribution is 2.28. The summed E-state index contributed by atoms with van der Waals surface area (Å²) in [6, 6.07) is 13.1. The molecule has 2 amide bonds. The number of rotatable bonds is 12. The van der Waals surface area contributed by atoms with Gasteiger partial charge in [-0.2, -0.15) is 0 Å². The number of thiazole rings is 1. The third-order valence-corrected chi connectivity index (χ3v) is 7.62. The van der Waals surface area contributed by atoms with E-state index in [0.29, 0.717) is 30.7 Å². The molecule has 0 saturated carbocycles. The molecule has 0 atom stereocenters. The van der Waals surface area contributed by atoms with Gasteiger partial charge in [-0.05, 0) is 30.0 Å². The van der Waals surface area contributed by atoms with E-state index in [4.69, 9.17) is 4.74 Å². The minimum atomic E-state index is -3.71. The zero-order valence-corrected chi connectivity index (χ0v) is 20.4. The van der Waals surface area contributed by atoms with Gasteiger partial charge in [-0.1, -0.05) is 47.7 Å². The minimum Gasteiger partial charge on any atom is -0.495 e. The highest BCUT2D eigenvalue weighted by Gasteiger charge is 2.18. The van der Waals surface area contributed by atoms with E-state index in [0.717, 1.165) is 27.2 Å². The van der Waals surface area contributed by atoms with Crippen molar-refractivity contribution in [3.8, 4) is 5.75 Å². The van der Waals surface area contributed by atoms with Crippen molar-refractivity contribution >= 4 is 43.2 Å². The monoisotopic (exact) mass is 505 g/mol. The van der Waals surface area contributed by atoms with Crippen molar-refractivity contribution in [1.29, 1.82) is 0 Å². The first kappa shape index (κ1) is 25.4. The number of benzene rings is 2. The Kier molecular flexibility index (Phi) is 8.83. The molecular formula is C23H27N3O6S2. The number of ether oxygens (including phenoxy) is 1. The van der Waals surface area contributed by atoms with Gasteiger partial charge in [0.15, 0.2) is 9.84 Å². The Morgan fingerprint density at radius 3 is 2.44 bits per heavy atom. The van der Waals surface area contributed by atoms with Gasteiger partial charge in [0.2, 0.25) is 11.8 Å². The SMILES string of the molecule is COc1ccc(CCNC(=O)CCS(=O)(=O)CC(=O)NCCc2ccccc2)c2sc(=O)[nH]c12. The fourth-order valence-corrected chi connectivity index (χ4v) is 5.45. The molecule has 0 aliphatic carbocycles. The molecule has 3 aromatic rings. The number of methoxy groups -OCH3 is 1. The molecule has 3 rings (SSSR count). The molecule has 0 aliphatic rings. The van der Waals surface area contributed by atoms with Crippen LogP contribution in [0, 0.1) is 0 Å². The second-order valence-corrected chi connectivity index (χ2v) is 10.8. The average Bonchev–Trinajstić information content (AvgIpc) is 3.20. The maximum Gasteiger partial charge on any atom is 0.305 e. The van der Waals surface area contributed by atoms with Gasteiger partial charge in [0, 0.05) is 19.5 Å². The van der Waals surface area contributed by atoms with Crippen LogP contribution in [-0.2, 0) is 32.3 Å². The Labute approximate surface area is 201 Å². The van der Waals surface area contributed by atoms with Gasteiger partial charge < -0.3 is 20.4 Å². The molecule has 3 N–H and O–H groups in total. The minimum absolute atomic E-state index is 0.195. The first-order valence-electron chi connectivity index (χ1n) is 10.7. The summed E-state index contributed by atoms with van der Waals surface area (Å²) in [6.45, 7) is 0.625. The van der Waals surface area contributed by atoms with Gasteiger partial charge in [-0.25, -0.2) is 8.42 Å². The fourth-order valence-electron chi connectivity index (χ4n) is 3.42. The highest BCUT2D eigenvalue weighted by atomic mass is 32.2. The first-order chi connectivity index (χ1) is 16.3. The van der Waals surface area contributed by atoms with Crippen LogP contribution in [0.1, 0.15) is 17.5 Å². The predicted octanol–water partition coefficient (Wildman–Crippen LogP) is 1.42. The lowest BCUT2D eigenvalue weighted by atomic mass is 10.1. The number of fused-ring (bicyclic) bond motifs is 1. The van der Waals surface area contributed by atoms with Crippen molar-refractivity contribution in [2.24, 2.45) is 0 Å². The fraction of sp³-hybridized carbons (Fsp3) is 0.348. The van der Waals surface area contributed by atoms with E-state index in [2.05, 4.69) is 15.6 Å². The molecule has 1 aromatic heterocycles. The molecule has 2 aromatic carbocycles. The number of carbonyl (C=O) groups excluding carboxylic acids is 2. The van der Waals surface area contributed by atoms with Crippen LogP contribution >= 0.6 is 11.3 Å². The highest BCUT2D eigenvalue weighted by molar-refractivity contribution is 7.92. The third-order valence-electron chi connectivity index (χ3n) is 5.13. The second-order valence-electron chi connectivity index (χ2n) is 7.67. The van der Waals surface area contributed by atoms with E-state index in [1.807, 2.05) is 36.4 Å². The summed E-state index contributed by atoms with van der Waals surface area (Å²) in [6.07, 6.45) is 0.848. The summed E-state index contributed by atoms with van der Waals surface area (Å²) in [4.78, 5) is 38.3. The molecule has 1 heterocycles. The molecule has 0 spiro atoms. The predicted molar refractivity (Wildman–Crippen MR) is 132 cm³/mol. The maximum absolute atomic E-state index is 12.2. The quantitative estimate of drug-likeness (QED) is 0.341. The van der Waals surface area contributed by atoms with Crippen molar-refractivity contribution in [2.45, 2.75) is 19.3 Å². The molecule has 34 heavy (non-hydrogen) atoms. The van der Waals surface area contributed by atoms with Crippen molar-refractivity contribution in [3.05, 3.63) is 63.3 Å². The van der Waals surface area contributed by atoms with Crippen LogP contribution in [0.5, 0.6) is 5.75 Å². The van der Waals surface area contributed by atoms with E-state index in [1.165, 1.54) is 7.11 Å². The largest absolute Gasteiger partial charge is 0.495 e. The van der Waals surface area contributed by atoms with Crippen molar-refractivity contribution < 1.29 is 22.7 Å². The van der Waals surface area contributed by atoms with Crippen molar-refractivity contribution in [1.82, 2.24) is 15.6 Å². The molecule has 11 heteroatoms. The number of H-pyrrole nitrogens is 1. The zero-order chi connectivity index (χ0) is 24.6. The maximum atomic E-state index is 12.2. The lowest BCUT2D eigenvalue weighted by molar-refractivity contribution is -0.121.